The first-order valence-electron chi connectivity index (χ1n) is 3.20. The molecule has 0 spiro atoms. The van der Waals surface area contributed by atoms with E-state index in [2.05, 4.69) is 9.47 Å². The van der Waals surface area contributed by atoms with Gasteiger partial charge in [-0.3, -0.25) is 4.55 Å². The zero-order valence-electron chi connectivity index (χ0n) is 6.52. The van der Waals surface area contributed by atoms with Crippen LogP contribution in [0, 0.1) is 0 Å². The van der Waals surface area contributed by atoms with Crippen LogP contribution in [-0.2, 0) is 19.6 Å². The molecule has 0 aromatic heterocycles. The zero-order chi connectivity index (χ0) is 9.61. The van der Waals surface area contributed by atoms with E-state index in [1.54, 1.807) is 6.92 Å². The molecule has 6 nitrogen and oxygen atoms in total. The van der Waals surface area contributed by atoms with Crippen LogP contribution in [0.3, 0.4) is 0 Å². The standard InChI is InChI=1S/C5H10O6S/c1-2-10-5(6)11-3-4-12(7,8)9/h2-4H2,1H3,(H,7,8,9). The Morgan fingerprint density at radius 2 is 2.00 bits per heavy atom. The van der Waals surface area contributed by atoms with E-state index < -0.39 is 28.6 Å². The van der Waals surface area contributed by atoms with Crippen molar-refractivity contribution >= 4 is 16.3 Å². The summed E-state index contributed by atoms with van der Waals surface area (Å²) in [6.45, 7) is 1.34. The maximum absolute atomic E-state index is 10.4. The number of hydrogen-bond donors (Lipinski definition) is 1. The average molecular weight is 198 g/mol. The van der Waals surface area contributed by atoms with E-state index >= 15 is 0 Å². The SMILES string of the molecule is CCOC(=O)OCCS(=O)(=O)O. The van der Waals surface area contributed by atoms with E-state index in [0.29, 0.717) is 0 Å². The van der Waals surface area contributed by atoms with E-state index in [1.807, 2.05) is 0 Å². The number of ether oxygens (including phenoxy) is 2. The van der Waals surface area contributed by atoms with E-state index in [0.717, 1.165) is 0 Å². The minimum absolute atomic E-state index is 0.157. The molecule has 0 rings (SSSR count). The lowest BCUT2D eigenvalue weighted by molar-refractivity contribution is 0.0633. The molecule has 0 aliphatic carbocycles. The van der Waals surface area contributed by atoms with Gasteiger partial charge in [-0.05, 0) is 6.92 Å². The van der Waals surface area contributed by atoms with Crippen LogP contribution < -0.4 is 0 Å². The Morgan fingerprint density at radius 1 is 1.42 bits per heavy atom. The molecule has 0 saturated heterocycles. The first-order valence-corrected chi connectivity index (χ1v) is 4.81. The van der Waals surface area contributed by atoms with E-state index in [1.165, 1.54) is 0 Å². The zero-order valence-corrected chi connectivity index (χ0v) is 7.33. The summed E-state index contributed by atoms with van der Waals surface area (Å²) in [7, 11) is -4.07. The van der Waals surface area contributed by atoms with Crippen LogP contribution in [0.4, 0.5) is 4.79 Å². The summed E-state index contributed by atoms with van der Waals surface area (Å²) in [5.74, 6) is -0.619. The topological polar surface area (TPSA) is 89.9 Å². The van der Waals surface area contributed by atoms with Crippen LogP contribution in [0.1, 0.15) is 6.92 Å². The molecule has 0 aromatic rings. The fourth-order valence-corrected chi connectivity index (χ4v) is 0.684. The van der Waals surface area contributed by atoms with Gasteiger partial charge in [0.15, 0.2) is 0 Å². The predicted molar refractivity (Wildman–Crippen MR) is 39.4 cm³/mol. The van der Waals surface area contributed by atoms with Crippen molar-refractivity contribution in [1.82, 2.24) is 0 Å². The Hall–Kier alpha value is -0.820. The Morgan fingerprint density at radius 3 is 2.42 bits per heavy atom. The fourth-order valence-electron chi connectivity index (χ4n) is 0.390. The van der Waals surface area contributed by atoms with Crippen molar-refractivity contribution in [3.63, 3.8) is 0 Å². The third-order valence-electron chi connectivity index (χ3n) is 0.823. The maximum Gasteiger partial charge on any atom is 0.508 e. The molecule has 0 radical (unpaired) electrons. The van der Waals surface area contributed by atoms with Gasteiger partial charge in [-0.25, -0.2) is 4.79 Å². The lowest BCUT2D eigenvalue weighted by Gasteiger charge is -2.01. The molecule has 1 N–H and O–H groups in total. The van der Waals surface area contributed by atoms with Crippen molar-refractivity contribution < 1.29 is 27.2 Å². The van der Waals surface area contributed by atoms with Gasteiger partial charge < -0.3 is 9.47 Å². The van der Waals surface area contributed by atoms with E-state index in [9.17, 15) is 13.2 Å². The van der Waals surface area contributed by atoms with Crippen molar-refractivity contribution in [3.05, 3.63) is 0 Å². The third kappa shape index (κ3) is 7.29. The monoisotopic (exact) mass is 198 g/mol. The predicted octanol–water partition coefficient (Wildman–Crippen LogP) is 0.0473. The molecule has 0 heterocycles. The first kappa shape index (κ1) is 11.2. The second kappa shape index (κ2) is 4.94. The van der Waals surface area contributed by atoms with Crippen molar-refractivity contribution in [1.29, 1.82) is 0 Å². The summed E-state index contributed by atoms with van der Waals surface area (Å²) in [6, 6.07) is 0. The van der Waals surface area contributed by atoms with Crippen LogP contribution in [0.25, 0.3) is 0 Å². The van der Waals surface area contributed by atoms with Crippen LogP contribution >= 0.6 is 0 Å². The van der Waals surface area contributed by atoms with Gasteiger partial charge >= 0.3 is 6.16 Å². The maximum atomic E-state index is 10.4. The summed E-state index contributed by atoms with van der Waals surface area (Å²) in [5.41, 5.74) is 0. The van der Waals surface area contributed by atoms with Crippen molar-refractivity contribution in [2.24, 2.45) is 0 Å². The Labute approximate surface area is 70.2 Å². The van der Waals surface area contributed by atoms with Gasteiger partial charge in [0.2, 0.25) is 0 Å². The molecule has 72 valence electrons. The highest BCUT2D eigenvalue weighted by atomic mass is 32.2. The molecule has 7 heteroatoms. The Kier molecular flexibility index (Phi) is 4.60. The number of carbonyl (C=O) groups is 1. The summed E-state index contributed by atoms with van der Waals surface area (Å²) >= 11 is 0. The van der Waals surface area contributed by atoms with Crippen LogP contribution in [0.15, 0.2) is 0 Å². The first-order chi connectivity index (χ1) is 5.45. The van der Waals surface area contributed by atoms with Crippen molar-refractivity contribution in [2.45, 2.75) is 6.92 Å². The molecule has 0 aliphatic rings. The second-order valence-electron chi connectivity index (χ2n) is 1.82. The van der Waals surface area contributed by atoms with Crippen LogP contribution in [-0.4, -0.2) is 38.1 Å². The summed E-state index contributed by atoms with van der Waals surface area (Å²) in [5, 5.41) is 0. The lowest BCUT2D eigenvalue weighted by Crippen LogP contribution is -2.15. The van der Waals surface area contributed by atoms with Crippen molar-refractivity contribution in [3.8, 4) is 0 Å². The summed E-state index contributed by atoms with van der Waals surface area (Å²) in [6.07, 6.45) is -0.943. The largest absolute Gasteiger partial charge is 0.508 e. The van der Waals surface area contributed by atoms with Crippen LogP contribution in [0.2, 0.25) is 0 Å². The molecule has 0 saturated carbocycles. The molecule has 0 aromatic carbocycles. The average Bonchev–Trinajstić information content (AvgIpc) is 1.84. The molecule has 0 aliphatic heterocycles. The lowest BCUT2D eigenvalue weighted by atomic mass is 10.8. The molecule has 0 amide bonds. The summed E-state index contributed by atoms with van der Waals surface area (Å²) < 4.78 is 37.0. The Balaban J connectivity index is 3.51. The normalized spacial score (nSPS) is 10.8. The van der Waals surface area contributed by atoms with Gasteiger partial charge in [0, 0.05) is 0 Å². The van der Waals surface area contributed by atoms with Gasteiger partial charge in [-0.2, -0.15) is 8.42 Å². The van der Waals surface area contributed by atoms with Gasteiger partial charge in [-0.1, -0.05) is 0 Å². The summed E-state index contributed by atoms with van der Waals surface area (Å²) in [4.78, 5) is 10.4. The molecular weight excluding hydrogens is 188 g/mol. The molecule has 12 heavy (non-hydrogen) atoms. The number of carbonyl (C=O) groups excluding carboxylic acids is 1. The van der Waals surface area contributed by atoms with Gasteiger partial charge in [0.05, 0.1) is 6.61 Å². The van der Waals surface area contributed by atoms with Gasteiger partial charge in [0.25, 0.3) is 10.1 Å². The molecule has 0 bridgehead atoms. The second-order valence-corrected chi connectivity index (χ2v) is 3.39. The minimum Gasteiger partial charge on any atom is -0.435 e. The Bertz CT molecular complexity index is 230. The smallest absolute Gasteiger partial charge is 0.435 e. The number of hydrogen-bond acceptors (Lipinski definition) is 5. The number of rotatable bonds is 4. The van der Waals surface area contributed by atoms with E-state index in [4.69, 9.17) is 4.55 Å². The van der Waals surface area contributed by atoms with Crippen molar-refractivity contribution in [2.75, 3.05) is 19.0 Å². The van der Waals surface area contributed by atoms with Crippen LogP contribution in [0.5, 0.6) is 0 Å². The highest BCUT2D eigenvalue weighted by Crippen LogP contribution is 1.87. The quantitative estimate of drug-likeness (QED) is 0.507. The minimum atomic E-state index is -4.07. The van der Waals surface area contributed by atoms with E-state index in [-0.39, 0.29) is 6.61 Å². The molecule has 0 fully saturated rings. The molecular formula is C5H10O6S. The fraction of sp³-hybridized carbons (Fsp3) is 0.800. The highest BCUT2D eigenvalue weighted by molar-refractivity contribution is 7.85. The third-order valence-corrected chi connectivity index (χ3v) is 1.51. The van der Waals surface area contributed by atoms with Gasteiger partial charge in [0.1, 0.15) is 12.4 Å². The molecule has 0 unspecified atom stereocenters. The van der Waals surface area contributed by atoms with Gasteiger partial charge in [-0.15, -0.1) is 0 Å². The molecule has 0 atom stereocenters. The highest BCUT2D eigenvalue weighted by Gasteiger charge is 2.07.